The maximum absolute atomic E-state index is 12.2. The van der Waals surface area contributed by atoms with Gasteiger partial charge in [0.2, 0.25) is 0 Å². The third-order valence-corrected chi connectivity index (χ3v) is 2.96. The molecule has 0 heterocycles. The maximum Gasteiger partial charge on any atom is 0.305 e. The molecule has 0 aliphatic carbocycles. The summed E-state index contributed by atoms with van der Waals surface area (Å²) < 4.78 is 6.31. The van der Waals surface area contributed by atoms with Gasteiger partial charge in [-0.2, -0.15) is 0 Å². The molecule has 0 spiro atoms. The molecule has 1 amide bonds. The molecule has 0 saturated carbocycles. The molecule has 0 bridgehead atoms. The van der Waals surface area contributed by atoms with E-state index in [-0.39, 0.29) is 25.0 Å². The predicted molar refractivity (Wildman–Crippen MR) is 79.1 cm³/mol. The molecule has 0 aromatic heterocycles. The van der Waals surface area contributed by atoms with Crippen LogP contribution in [0, 0.1) is 0 Å². The van der Waals surface area contributed by atoms with Gasteiger partial charge in [0, 0.05) is 23.6 Å². The van der Waals surface area contributed by atoms with E-state index in [4.69, 9.17) is 9.84 Å². The largest absolute Gasteiger partial charge is 0.491 e. The molecule has 0 fully saturated rings. The van der Waals surface area contributed by atoms with Crippen LogP contribution in [0.3, 0.4) is 0 Å². The molecule has 1 aromatic carbocycles. The SMILES string of the molecule is CC(C)Oc1cc(Br)cc(C(=O)N(C)CCC(=O)O)c1. The lowest BCUT2D eigenvalue weighted by Crippen LogP contribution is -2.29. The van der Waals surface area contributed by atoms with E-state index in [0.717, 1.165) is 4.47 Å². The highest BCUT2D eigenvalue weighted by Gasteiger charge is 2.15. The third-order valence-electron chi connectivity index (χ3n) is 2.50. The number of amides is 1. The first-order chi connectivity index (χ1) is 9.29. The van der Waals surface area contributed by atoms with Crippen molar-refractivity contribution in [3.05, 3.63) is 28.2 Å². The molecule has 0 radical (unpaired) electrons. The fourth-order valence-electron chi connectivity index (χ4n) is 1.61. The number of rotatable bonds is 6. The van der Waals surface area contributed by atoms with Crippen molar-refractivity contribution in [2.24, 2.45) is 0 Å². The quantitative estimate of drug-likeness (QED) is 0.862. The lowest BCUT2D eigenvalue weighted by atomic mass is 10.2. The second kappa shape index (κ2) is 7.28. The van der Waals surface area contributed by atoms with Crippen LogP contribution < -0.4 is 4.74 Å². The van der Waals surface area contributed by atoms with Crippen LogP contribution in [-0.4, -0.2) is 41.6 Å². The normalized spacial score (nSPS) is 10.4. The van der Waals surface area contributed by atoms with E-state index >= 15 is 0 Å². The number of halogens is 1. The highest BCUT2D eigenvalue weighted by molar-refractivity contribution is 9.10. The summed E-state index contributed by atoms with van der Waals surface area (Å²) in [6.45, 7) is 3.98. The minimum absolute atomic E-state index is 0.0111. The average molecular weight is 344 g/mol. The number of nitrogens with zero attached hydrogens (tertiary/aromatic N) is 1. The maximum atomic E-state index is 12.2. The monoisotopic (exact) mass is 343 g/mol. The zero-order chi connectivity index (χ0) is 15.3. The van der Waals surface area contributed by atoms with Gasteiger partial charge in [-0.1, -0.05) is 15.9 Å². The smallest absolute Gasteiger partial charge is 0.305 e. The van der Waals surface area contributed by atoms with Crippen molar-refractivity contribution < 1.29 is 19.4 Å². The summed E-state index contributed by atoms with van der Waals surface area (Å²) in [4.78, 5) is 24.1. The Bertz CT molecular complexity index is 502. The van der Waals surface area contributed by atoms with Crippen molar-refractivity contribution in [3.63, 3.8) is 0 Å². The van der Waals surface area contributed by atoms with Crippen molar-refractivity contribution in [1.29, 1.82) is 0 Å². The molecule has 1 aromatic rings. The van der Waals surface area contributed by atoms with Gasteiger partial charge < -0.3 is 14.7 Å². The van der Waals surface area contributed by atoms with Crippen LogP contribution in [0.2, 0.25) is 0 Å². The number of carboxylic acid groups (broad SMARTS) is 1. The minimum atomic E-state index is -0.928. The average Bonchev–Trinajstić information content (AvgIpc) is 2.33. The van der Waals surface area contributed by atoms with Gasteiger partial charge in [-0.25, -0.2) is 0 Å². The van der Waals surface area contributed by atoms with Gasteiger partial charge in [0.25, 0.3) is 5.91 Å². The van der Waals surface area contributed by atoms with Gasteiger partial charge in [-0.05, 0) is 32.0 Å². The van der Waals surface area contributed by atoms with Gasteiger partial charge in [0.15, 0.2) is 0 Å². The van der Waals surface area contributed by atoms with Crippen molar-refractivity contribution in [2.75, 3.05) is 13.6 Å². The van der Waals surface area contributed by atoms with Crippen LogP contribution in [0.4, 0.5) is 0 Å². The summed E-state index contributed by atoms with van der Waals surface area (Å²) in [5.74, 6) is -0.562. The molecule has 0 saturated heterocycles. The summed E-state index contributed by atoms with van der Waals surface area (Å²) >= 11 is 3.34. The molecule has 0 aliphatic rings. The Morgan fingerprint density at radius 3 is 2.55 bits per heavy atom. The molecule has 1 N–H and O–H groups in total. The molecule has 1 rings (SSSR count). The van der Waals surface area contributed by atoms with Gasteiger partial charge in [0.05, 0.1) is 12.5 Å². The van der Waals surface area contributed by atoms with Crippen molar-refractivity contribution in [1.82, 2.24) is 4.90 Å². The van der Waals surface area contributed by atoms with Crippen molar-refractivity contribution in [2.45, 2.75) is 26.4 Å². The second-order valence-electron chi connectivity index (χ2n) is 4.71. The van der Waals surface area contributed by atoms with Crippen LogP contribution in [0.1, 0.15) is 30.6 Å². The highest BCUT2D eigenvalue weighted by Crippen LogP contribution is 2.23. The first-order valence-corrected chi connectivity index (χ1v) is 7.03. The van der Waals surface area contributed by atoms with E-state index in [1.54, 1.807) is 25.2 Å². The summed E-state index contributed by atoms with van der Waals surface area (Å²) in [6, 6.07) is 5.13. The topological polar surface area (TPSA) is 66.8 Å². The first-order valence-electron chi connectivity index (χ1n) is 6.24. The van der Waals surface area contributed by atoms with Gasteiger partial charge in [0.1, 0.15) is 5.75 Å². The number of carboxylic acids is 1. The van der Waals surface area contributed by atoms with E-state index in [2.05, 4.69) is 15.9 Å². The fourth-order valence-corrected chi connectivity index (χ4v) is 2.08. The summed E-state index contributed by atoms with van der Waals surface area (Å²) in [5, 5.41) is 8.64. The van der Waals surface area contributed by atoms with Crippen molar-refractivity contribution >= 4 is 27.8 Å². The Labute approximate surface area is 126 Å². The Balaban J connectivity index is 2.86. The number of aliphatic carboxylic acids is 1. The van der Waals surface area contributed by atoms with Crippen LogP contribution in [0.5, 0.6) is 5.75 Å². The third kappa shape index (κ3) is 5.21. The summed E-state index contributed by atoms with van der Waals surface area (Å²) in [5.41, 5.74) is 0.461. The standard InChI is InChI=1S/C14H18BrNO4/c1-9(2)20-12-7-10(6-11(15)8-12)14(19)16(3)5-4-13(17)18/h6-9H,4-5H2,1-3H3,(H,17,18). The van der Waals surface area contributed by atoms with Gasteiger partial charge in [-0.15, -0.1) is 0 Å². The first kappa shape index (κ1) is 16.5. The molecular weight excluding hydrogens is 326 g/mol. The summed E-state index contributed by atoms with van der Waals surface area (Å²) in [6.07, 6.45) is -0.0667. The number of ether oxygens (including phenoxy) is 1. The zero-order valence-electron chi connectivity index (χ0n) is 11.7. The Morgan fingerprint density at radius 2 is 2.00 bits per heavy atom. The number of carbonyl (C=O) groups excluding carboxylic acids is 1. The second-order valence-corrected chi connectivity index (χ2v) is 5.63. The molecular formula is C14H18BrNO4. The van der Waals surface area contributed by atoms with Crippen LogP contribution in [0.15, 0.2) is 22.7 Å². The molecule has 6 heteroatoms. The molecule has 0 unspecified atom stereocenters. The molecule has 0 aliphatic heterocycles. The van der Waals surface area contributed by atoms with E-state index in [9.17, 15) is 9.59 Å². The van der Waals surface area contributed by atoms with E-state index in [0.29, 0.717) is 11.3 Å². The number of hydrogen-bond donors (Lipinski definition) is 1. The fraction of sp³-hybridized carbons (Fsp3) is 0.429. The number of hydrogen-bond acceptors (Lipinski definition) is 3. The Hall–Kier alpha value is -1.56. The van der Waals surface area contributed by atoms with Crippen LogP contribution >= 0.6 is 15.9 Å². The van der Waals surface area contributed by atoms with Crippen LogP contribution in [0.25, 0.3) is 0 Å². The van der Waals surface area contributed by atoms with Gasteiger partial charge in [-0.3, -0.25) is 9.59 Å². The highest BCUT2D eigenvalue weighted by atomic mass is 79.9. The molecule has 110 valence electrons. The number of carbonyl (C=O) groups is 2. The summed E-state index contributed by atoms with van der Waals surface area (Å²) in [7, 11) is 1.58. The van der Waals surface area contributed by atoms with E-state index in [1.165, 1.54) is 4.90 Å². The minimum Gasteiger partial charge on any atom is -0.491 e. The Morgan fingerprint density at radius 1 is 1.35 bits per heavy atom. The zero-order valence-corrected chi connectivity index (χ0v) is 13.3. The van der Waals surface area contributed by atoms with E-state index in [1.807, 2.05) is 13.8 Å². The lowest BCUT2D eigenvalue weighted by molar-refractivity contribution is -0.137. The van der Waals surface area contributed by atoms with Gasteiger partial charge >= 0.3 is 5.97 Å². The Kier molecular flexibility index (Phi) is 6.01. The van der Waals surface area contributed by atoms with Crippen molar-refractivity contribution in [3.8, 4) is 5.75 Å². The van der Waals surface area contributed by atoms with Crippen LogP contribution in [-0.2, 0) is 4.79 Å². The number of benzene rings is 1. The molecule has 0 atom stereocenters. The lowest BCUT2D eigenvalue weighted by Gasteiger charge is -2.17. The molecule has 20 heavy (non-hydrogen) atoms. The van der Waals surface area contributed by atoms with E-state index < -0.39 is 5.97 Å². The predicted octanol–water partition coefficient (Wildman–Crippen LogP) is 2.78. The molecule has 5 nitrogen and oxygen atoms in total.